The molecule has 0 saturated carbocycles. The molecular formula is C10H12Br2N2OS. The summed E-state index contributed by atoms with van der Waals surface area (Å²) in [4.78, 5) is 12.6. The molecule has 6 heteroatoms. The van der Waals surface area contributed by atoms with Crippen LogP contribution in [0.15, 0.2) is 14.3 Å². The number of hydrogen-bond acceptors (Lipinski definition) is 3. The Kier molecular flexibility index (Phi) is 4.41. The second-order valence-corrected chi connectivity index (χ2v) is 6.97. The van der Waals surface area contributed by atoms with Crippen LogP contribution in [0.5, 0.6) is 0 Å². The molecule has 1 unspecified atom stereocenters. The zero-order chi connectivity index (χ0) is 11.5. The third-order valence-electron chi connectivity index (χ3n) is 2.50. The van der Waals surface area contributed by atoms with Gasteiger partial charge in [-0.3, -0.25) is 4.79 Å². The maximum Gasteiger partial charge on any atom is 0.261 e. The smallest absolute Gasteiger partial charge is 0.261 e. The van der Waals surface area contributed by atoms with E-state index in [1.165, 1.54) is 11.3 Å². The molecule has 0 radical (unpaired) electrons. The molecule has 1 aromatic heterocycles. The number of carbonyl (C=O) groups excluding carboxylic acids is 1. The number of halogens is 2. The number of piperidine rings is 1. The Balaban J connectivity index is 1.96. The third kappa shape index (κ3) is 3.06. The summed E-state index contributed by atoms with van der Waals surface area (Å²) in [5.41, 5.74) is 0. The zero-order valence-corrected chi connectivity index (χ0v) is 12.5. The Bertz CT molecular complexity index is 369. The molecule has 0 spiro atoms. The van der Waals surface area contributed by atoms with Crippen molar-refractivity contribution in [1.82, 2.24) is 10.6 Å². The minimum Gasteiger partial charge on any atom is -0.347 e. The highest BCUT2D eigenvalue weighted by Gasteiger charge is 2.18. The van der Waals surface area contributed by atoms with Crippen LogP contribution in [-0.4, -0.2) is 25.0 Å². The van der Waals surface area contributed by atoms with E-state index in [0.717, 1.165) is 39.1 Å². The van der Waals surface area contributed by atoms with Gasteiger partial charge in [-0.25, -0.2) is 0 Å². The van der Waals surface area contributed by atoms with E-state index < -0.39 is 0 Å². The normalized spacial score (nSPS) is 20.8. The summed E-state index contributed by atoms with van der Waals surface area (Å²) < 4.78 is 1.89. The maximum absolute atomic E-state index is 11.9. The zero-order valence-electron chi connectivity index (χ0n) is 8.56. The van der Waals surface area contributed by atoms with Crippen molar-refractivity contribution in [3.8, 4) is 0 Å². The Morgan fingerprint density at radius 2 is 2.38 bits per heavy atom. The van der Waals surface area contributed by atoms with E-state index in [9.17, 15) is 4.79 Å². The Morgan fingerprint density at radius 1 is 1.56 bits per heavy atom. The molecule has 0 bridgehead atoms. The van der Waals surface area contributed by atoms with Crippen LogP contribution < -0.4 is 10.6 Å². The number of carbonyl (C=O) groups is 1. The summed E-state index contributed by atoms with van der Waals surface area (Å²) >= 11 is 8.22. The quantitative estimate of drug-likeness (QED) is 0.843. The highest BCUT2D eigenvalue weighted by atomic mass is 79.9. The number of thiophene rings is 1. The van der Waals surface area contributed by atoms with E-state index in [4.69, 9.17) is 0 Å². The fraction of sp³-hybridized carbons (Fsp3) is 0.500. The van der Waals surface area contributed by atoms with Gasteiger partial charge in [0.2, 0.25) is 0 Å². The molecule has 1 fully saturated rings. The van der Waals surface area contributed by atoms with Gasteiger partial charge in [-0.15, -0.1) is 11.3 Å². The first-order chi connectivity index (χ1) is 7.66. The van der Waals surface area contributed by atoms with Gasteiger partial charge in [-0.05, 0) is 57.3 Å². The maximum atomic E-state index is 11.9. The van der Waals surface area contributed by atoms with Gasteiger partial charge in [0.25, 0.3) is 5.91 Å². The van der Waals surface area contributed by atoms with Gasteiger partial charge in [0, 0.05) is 17.1 Å². The van der Waals surface area contributed by atoms with Crippen molar-refractivity contribution in [3.63, 3.8) is 0 Å². The van der Waals surface area contributed by atoms with Crippen molar-refractivity contribution in [2.24, 2.45) is 0 Å². The van der Waals surface area contributed by atoms with Crippen molar-refractivity contribution in [2.75, 3.05) is 13.1 Å². The molecule has 3 nitrogen and oxygen atoms in total. The van der Waals surface area contributed by atoms with Crippen LogP contribution in [-0.2, 0) is 0 Å². The van der Waals surface area contributed by atoms with Crippen molar-refractivity contribution >= 4 is 49.1 Å². The average molecular weight is 368 g/mol. The van der Waals surface area contributed by atoms with Crippen LogP contribution >= 0.6 is 43.2 Å². The van der Waals surface area contributed by atoms with E-state index in [0.29, 0.717) is 0 Å². The van der Waals surface area contributed by atoms with E-state index in [-0.39, 0.29) is 11.9 Å². The molecule has 1 aliphatic heterocycles. The van der Waals surface area contributed by atoms with Gasteiger partial charge < -0.3 is 10.6 Å². The molecule has 1 atom stereocenters. The van der Waals surface area contributed by atoms with Gasteiger partial charge in [0.05, 0.1) is 8.66 Å². The van der Waals surface area contributed by atoms with Crippen LogP contribution in [0, 0.1) is 0 Å². The number of amides is 1. The lowest BCUT2D eigenvalue weighted by atomic mass is 10.1. The van der Waals surface area contributed by atoms with Gasteiger partial charge in [0.1, 0.15) is 0 Å². The highest BCUT2D eigenvalue weighted by molar-refractivity contribution is 9.13. The lowest BCUT2D eigenvalue weighted by molar-refractivity contribution is 0.0935. The predicted molar refractivity (Wildman–Crippen MR) is 73.1 cm³/mol. The van der Waals surface area contributed by atoms with E-state index >= 15 is 0 Å². The monoisotopic (exact) mass is 366 g/mol. The third-order valence-corrected chi connectivity index (χ3v) is 5.76. The molecule has 1 amide bonds. The Morgan fingerprint density at radius 3 is 2.94 bits per heavy atom. The van der Waals surface area contributed by atoms with Gasteiger partial charge >= 0.3 is 0 Å². The standard InChI is InChI=1S/C10H12Br2N2OS/c11-7-4-8(16-9(7)12)10(15)14-6-2-1-3-13-5-6/h4,6,13H,1-3,5H2,(H,14,15). The van der Waals surface area contributed by atoms with Crippen LogP contribution in [0.25, 0.3) is 0 Å². The molecule has 88 valence electrons. The predicted octanol–water partition coefficient (Wildman–Crippen LogP) is 2.75. The lowest BCUT2D eigenvalue weighted by Crippen LogP contribution is -2.45. The SMILES string of the molecule is O=C(NC1CCCNC1)c1cc(Br)c(Br)s1. The van der Waals surface area contributed by atoms with E-state index in [1.54, 1.807) is 0 Å². The van der Waals surface area contributed by atoms with Crippen LogP contribution in [0.1, 0.15) is 22.5 Å². The molecule has 2 N–H and O–H groups in total. The summed E-state index contributed by atoms with van der Waals surface area (Å²) in [6.07, 6.45) is 2.19. The fourth-order valence-corrected chi connectivity index (χ4v) is 3.63. The molecule has 0 aliphatic carbocycles. The van der Waals surface area contributed by atoms with Crippen molar-refractivity contribution in [2.45, 2.75) is 18.9 Å². The van der Waals surface area contributed by atoms with Gasteiger partial charge in [-0.1, -0.05) is 0 Å². The van der Waals surface area contributed by atoms with E-state index in [2.05, 4.69) is 42.5 Å². The summed E-state index contributed by atoms with van der Waals surface area (Å²) in [5, 5.41) is 6.32. The molecule has 1 saturated heterocycles. The van der Waals surface area contributed by atoms with E-state index in [1.807, 2.05) is 6.07 Å². The molecule has 0 aromatic carbocycles. The summed E-state index contributed by atoms with van der Waals surface area (Å²) in [7, 11) is 0. The Labute approximate surface area is 115 Å². The second-order valence-electron chi connectivity index (χ2n) is 3.75. The number of nitrogens with one attached hydrogen (secondary N) is 2. The Hall–Kier alpha value is 0.0900. The van der Waals surface area contributed by atoms with Crippen LogP contribution in [0.3, 0.4) is 0 Å². The molecule has 2 rings (SSSR count). The van der Waals surface area contributed by atoms with Crippen molar-refractivity contribution in [3.05, 3.63) is 19.2 Å². The number of rotatable bonds is 2. The minimum absolute atomic E-state index is 0.0186. The first-order valence-electron chi connectivity index (χ1n) is 5.13. The summed E-state index contributed by atoms with van der Waals surface area (Å²) in [5.74, 6) is 0.0186. The highest BCUT2D eigenvalue weighted by Crippen LogP contribution is 2.32. The summed E-state index contributed by atoms with van der Waals surface area (Å²) in [6, 6.07) is 2.11. The van der Waals surface area contributed by atoms with Gasteiger partial charge in [0.15, 0.2) is 0 Å². The number of hydrogen-bond donors (Lipinski definition) is 2. The summed E-state index contributed by atoms with van der Waals surface area (Å²) in [6.45, 7) is 1.93. The first kappa shape index (κ1) is 12.5. The lowest BCUT2D eigenvalue weighted by Gasteiger charge is -2.23. The molecular weight excluding hydrogens is 356 g/mol. The van der Waals surface area contributed by atoms with Gasteiger partial charge in [-0.2, -0.15) is 0 Å². The molecule has 2 heterocycles. The topological polar surface area (TPSA) is 41.1 Å². The largest absolute Gasteiger partial charge is 0.347 e. The minimum atomic E-state index is 0.0186. The van der Waals surface area contributed by atoms with Crippen LogP contribution in [0.4, 0.5) is 0 Å². The first-order valence-corrected chi connectivity index (χ1v) is 7.53. The second kappa shape index (κ2) is 5.62. The van der Waals surface area contributed by atoms with Crippen molar-refractivity contribution < 1.29 is 4.79 Å². The van der Waals surface area contributed by atoms with Crippen molar-refractivity contribution in [1.29, 1.82) is 0 Å². The molecule has 16 heavy (non-hydrogen) atoms. The molecule has 1 aliphatic rings. The fourth-order valence-electron chi connectivity index (χ4n) is 1.69. The molecule has 1 aromatic rings. The average Bonchev–Trinajstić information content (AvgIpc) is 2.61. The van der Waals surface area contributed by atoms with Crippen LogP contribution in [0.2, 0.25) is 0 Å².